The van der Waals surface area contributed by atoms with Gasteiger partial charge in [-0.05, 0) is 58.2 Å². The van der Waals surface area contributed by atoms with Crippen molar-refractivity contribution in [2.45, 2.75) is 13.5 Å². The first-order valence-corrected chi connectivity index (χ1v) is 7.09. The van der Waals surface area contributed by atoms with Crippen LogP contribution >= 0.6 is 31.9 Å². The average Bonchev–Trinajstić information content (AvgIpc) is 2.34. The molecule has 0 bridgehead atoms. The van der Waals surface area contributed by atoms with E-state index in [0.29, 0.717) is 11.0 Å². The van der Waals surface area contributed by atoms with Gasteiger partial charge in [-0.1, -0.05) is 28.1 Å². The van der Waals surface area contributed by atoms with Crippen LogP contribution in [0.4, 0.5) is 10.1 Å². The Labute approximate surface area is 123 Å². The highest BCUT2D eigenvalue weighted by molar-refractivity contribution is 9.10. The minimum atomic E-state index is -0.236. The zero-order chi connectivity index (χ0) is 13.1. The predicted molar refractivity (Wildman–Crippen MR) is 80.3 cm³/mol. The molecule has 1 N–H and O–H groups in total. The summed E-state index contributed by atoms with van der Waals surface area (Å²) in [5, 5.41) is 3.30. The number of benzene rings is 2. The van der Waals surface area contributed by atoms with Crippen LogP contribution in [0.15, 0.2) is 45.3 Å². The number of hydrogen-bond donors (Lipinski definition) is 1. The Hall–Kier alpha value is -0.870. The maximum Gasteiger partial charge on any atom is 0.137 e. The molecule has 0 saturated heterocycles. The van der Waals surface area contributed by atoms with Gasteiger partial charge in [0.05, 0.1) is 4.47 Å². The Bertz CT molecular complexity index is 570. The summed E-state index contributed by atoms with van der Waals surface area (Å²) in [6.07, 6.45) is 0. The molecular weight excluding hydrogens is 361 g/mol. The van der Waals surface area contributed by atoms with Crippen LogP contribution in [-0.4, -0.2) is 0 Å². The van der Waals surface area contributed by atoms with E-state index in [0.717, 1.165) is 21.3 Å². The van der Waals surface area contributed by atoms with Crippen LogP contribution in [0.5, 0.6) is 0 Å². The standard InChI is InChI=1S/C14H12Br2FN/c1-9-2-4-11(15)7-14(9)18-8-10-3-5-12(16)13(17)6-10/h2-7,18H,8H2,1H3. The van der Waals surface area contributed by atoms with Crippen molar-refractivity contribution in [2.24, 2.45) is 0 Å². The quantitative estimate of drug-likeness (QED) is 0.773. The van der Waals surface area contributed by atoms with E-state index in [2.05, 4.69) is 37.2 Å². The Morgan fingerprint density at radius 3 is 2.61 bits per heavy atom. The van der Waals surface area contributed by atoms with Crippen molar-refractivity contribution in [3.63, 3.8) is 0 Å². The van der Waals surface area contributed by atoms with Crippen molar-refractivity contribution < 1.29 is 4.39 Å². The third-order valence-electron chi connectivity index (χ3n) is 2.67. The molecule has 2 aromatic carbocycles. The maximum absolute atomic E-state index is 13.4. The van der Waals surface area contributed by atoms with Gasteiger partial charge in [-0.25, -0.2) is 4.39 Å². The molecule has 0 radical (unpaired) electrons. The summed E-state index contributed by atoms with van der Waals surface area (Å²) < 4.78 is 14.9. The summed E-state index contributed by atoms with van der Waals surface area (Å²) in [7, 11) is 0. The molecule has 4 heteroatoms. The molecule has 18 heavy (non-hydrogen) atoms. The first-order valence-electron chi connectivity index (χ1n) is 5.50. The molecule has 0 aliphatic carbocycles. The second kappa shape index (κ2) is 5.85. The largest absolute Gasteiger partial charge is 0.381 e. The summed E-state index contributed by atoms with van der Waals surface area (Å²) in [6.45, 7) is 2.64. The van der Waals surface area contributed by atoms with Crippen LogP contribution in [-0.2, 0) is 6.54 Å². The number of rotatable bonds is 3. The number of hydrogen-bond acceptors (Lipinski definition) is 1. The minimum Gasteiger partial charge on any atom is -0.381 e. The van der Waals surface area contributed by atoms with Crippen molar-refractivity contribution in [3.8, 4) is 0 Å². The van der Waals surface area contributed by atoms with Gasteiger partial charge in [0.1, 0.15) is 5.82 Å². The van der Waals surface area contributed by atoms with Gasteiger partial charge >= 0.3 is 0 Å². The fourth-order valence-electron chi connectivity index (χ4n) is 1.63. The van der Waals surface area contributed by atoms with Crippen molar-refractivity contribution in [1.29, 1.82) is 0 Å². The molecule has 2 rings (SSSR count). The summed E-state index contributed by atoms with van der Waals surface area (Å²) in [5.41, 5.74) is 3.12. The van der Waals surface area contributed by atoms with Gasteiger partial charge in [0.2, 0.25) is 0 Å². The first-order chi connectivity index (χ1) is 8.56. The molecule has 0 atom stereocenters. The third kappa shape index (κ3) is 3.33. The van der Waals surface area contributed by atoms with Gasteiger partial charge in [-0.3, -0.25) is 0 Å². The van der Waals surface area contributed by atoms with Crippen molar-refractivity contribution in [2.75, 3.05) is 5.32 Å². The number of anilines is 1. The monoisotopic (exact) mass is 371 g/mol. The molecule has 0 heterocycles. The van der Waals surface area contributed by atoms with E-state index in [1.807, 2.05) is 31.2 Å². The van der Waals surface area contributed by atoms with Crippen LogP contribution in [0.25, 0.3) is 0 Å². The molecule has 0 amide bonds. The second-order valence-corrected chi connectivity index (χ2v) is 5.83. The highest BCUT2D eigenvalue weighted by Gasteiger charge is 2.02. The average molecular weight is 373 g/mol. The van der Waals surface area contributed by atoms with Crippen LogP contribution in [0.2, 0.25) is 0 Å². The molecule has 0 aliphatic rings. The van der Waals surface area contributed by atoms with Gasteiger partial charge in [0.25, 0.3) is 0 Å². The molecule has 1 nitrogen and oxygen atoms in total. The lowest BCUT2D eigenvalue weighted by atomic mass is 10.2. The first kappa shape index (κ1) is 13.6. The smallest absolute Gasteiger partial charge is 0.137 e. The predicted octanol–water partition coefficient (Wildman–Crippen LogP) is 5.27. The summed E-state index contributed by atoms with van der Waals surface area (Å²) >= 11 is 6.58. The zero-order valence-corrected chi connectivity index (χ0v) is 13.0. The van der Waals surface area contributed by atoms with E-state index >= 15 is 0 Å². The lowest BCUT2D eigenvalue weighted by Gasteiger charge is -2.10. The molecule has 0 aliphatic heterocycles. The van der Waals surface area contributed by atoms with Gasteiger partial charge < -0.3 is 5.32 Å². The minimum absolute atomic E-state index is 0.236. The topological polar surface area (TPSA) is 12.0 Å². The van der Waals surface area contributed by atoms with Crippen LogP contribution in [0.3, 0.4) is 0 Å². The maximum atomic E-state index is 13.4. The van der Waals surface area contributed by atoms with E-state index < -0.39 is 0 Å². The van der Waals surface area contributed by atoms with Crippen LogP contribution in [0.1, 0.15) is 11.1 Å². The number of aryl methyl sites for hydroxylation is 1. The van der Waals surface area contributed by atoms with E-state index in [1.165, 1.54) is 6.07 Å². The summed E-state index contributed by atoms with van der Waals surface area (Å²) in [5.74, 6) is -0.236. The molecule has 0 fully saturated rings. The van der Waals surface area contributed by atoms with Gasteiger partial charge in [-0.15, -0.1) is 0 Å². The fourth-order valence-corrected chi connectivity index (χ4v) is 2.24. The van der Waals surface area contributed by atoms with Crippen LogP contribution in [0, 0.1) is 12.7 Å². The van der Waals surface area contributed by atoms with E-state index in [4.69, 9.17) is 0 Å². The molecule has 0 aromatic heterocycles. The second-order valence-electron chi connectivity index (χ2n) is 4.06. The Morgan fingerprint density at radius 2 is 1.89 bits per heavy atom. The highest BCUT2D eigenvalue weighted by Crippen LogP contribution is 2.22. The Balaban J connectivity index is 2.11. The fraction of sp³-hybridized carbons (Fsp3) is 0.143. The van der Waals surface area contributed by atoms with Gasteiger partial charge in [0, 0.05) is 16.7 Å². The SMILES string of the molecule is Cc1ccc(Br)cc1NCc1ccc(Br)c(F)c1. The lowest BCUT2D eigenvalue weighted by molar-refractivity contribution is 0.619. The lowest BCUT2D eigenvalue weighted by Crippen LogP contribution is -2.01. The number of nitrogens with one attached hydrogen (secondary N) is 1. The normalized spacial score (nSPS) is 10.4. The summed E-state index contributed by atoms with van der Waals surface area (Å²) in [4.78, 5) is 0. The molecule has 0 saturated carbocycles. The van der Waals surface area contributed by atoms with Gasteiger partial charge in [0.15, 0.2) is 0 Å². The van der Waals surface area contributed by atoms with E-state index in [1.54, 1.807) is 6.07 Å². The van der Waals surface area contributed by atoms with Gasteiger partial charge in [-0.2, -0.15) is 0 Å². The van der Waals surface area contributed by atoms with Crippen molar-refractivity contribution in [3.05, 3.63) is 62.3 Å². The Kier molecular flexibility index (Phi) is 4.40. The molecule has 0 unspecified atom stereocenters. The molecular formula is C14H12Br2FN. The zero-order valence-electron chi connectivity index (χ0n) is 9.81. The van der Waals surface area contributed by atoms with Crippen molar-refractivity contribution in [1.82, 2.24) is 0 Å². The number of halogens is 3. The summed E-state index contributed by atoms with van der Waals surface area (Å²) in [6, 6.07) is 11.2. The highest BCUT2D eigenvalue weighted by atomic mass is 79.9. The van der Waals surface area contributed by atoms with E-state index in [9.17, 15) is 4.39 Å². The van der Waals surface area contributed by atoms with Crippen LogP contribution < -0.4 is 5.32 Å². The molecule has 2 aromatic rings. The Morgan fingerprint density at radius 1 is 1.11 bits per heavy atom. The molecule has 0 spiro atoms. The molecule has 94 valence electrons. The van der Waals surface area contributed by atoms with Crippen molar-refractivity contribution >= 4 is 37.5 Å². The van der Waals surface area contributed by atoms with E-state index in [-0.39, 0.29) is 5.82 Å². The third-order valence-corrected chi connectivity index (χ3v) is 3.80.